The molecule has 0 aromatic heterocycles. The molecule has 0 unspecified atom stereocenters. The SMILES string of the molecule is O=C(CC1(O)CCCC1)Nc1ccccc1COc1ccccc1. The molecule has 1 fully saturated rings. The fourth-order valence-electron chi connectivity index (χ4n) is 3.15. The zero-order chi connectivity index (χ0) is 16.8. The molecule has 2 aromatic carbocycles. The smallest absolute Gasteiger partial charge is 0.227 e. The van der Waals surface area contributed by atoms with Gasteiger partial charge in [-0.15, -0.1) is 0 Å². The average Bonchev–Trinajstić information content (AvgIpc) is 3.01. The second kappa shape index (κ2) is 7.49. The van der Waals surface area contributed by atoms with Crippen LogP contribution in [0.3, 0.4) is 0 Å². The van der Waals surface area contributed by atoms with Crippen LogP contribution in [-0.2, 0) is 11.4 Å². The van der Waals surface area contributed by atoms with E-state index in [2.05, 4.69) is 5.32 Å². The number of hydrogen-bond acceptors (Lipinski definition) is 3. The van der Waals surface area contributed by atoms with Crippen molar-refractivity contribution in [1.82, 2.24) is 0 Å². The Kier molecular flexibility index (Phi) is 5.16. The maximum atomic E-state index is 12.3. The minimum absolute atomic E-state index is 0.147. The normalized spacial score (nSPS) is 15.9. The van der Waals surface area contributed by atoms with Crippen molar-refractivity contribution in [2.45, 2.75) is 44.3 Å². The van der Waals surface area contributed by atoms with Crippen molar-refractivity contribution in [3.8, 4) is 5.75 Å². The molecule has 1 saturated carbocycles. The number of para-hydroxylation sites is 2. The Morgan fingerprint density at radius 2 is 1.71 bits per heavy atom. The van der Waals surface area contributed by atoms with Crippen molar-refractivity contribution in [2.24, 2.45) is 0 Å². The van der Waals surface area contributed by atoms with Crippen molar-refractivity contribution < 1.29 is 14.6 Å². The molecule has 1 aliphatic carbocycles. The van der Waals surface area contributed by atoms with Crippen LogP contribution in [0, 0.1) is 0 Å². The summed E-state index contributed by atoms with van der Waals surface area (Å²) in [7, 11) is 0. The van der Waals surface area contributed by atoms with E-state index in [1.54, 1.807) is 0 Å². The summed E-state index contributed by atoms with van der Waals surface area (Å²) in [6.45, 7) is 0.380. The molecule has 4 heteroatoms. The van der Waals surface area contributed by atoms with E-state index in [0.717, 1.165) is 29.8 Å². The summed E-state index contributed by atoms with van der Waals surface area (Å²) in [6, 6.07) is 17.2. The lowest BCUT2D eigenvalue weighted by molar-refractivity contribution is -0.120. The molecule has 1 aliphatic rings. The van der Waals surface area contributed by atoms with Gasteiger partial charge >= 0.3 is 0 Å². The average molecular weight is 325 g/mol. The lowest BCUT2D eigenvalue weighted by Gasteiger charge is -2.21. The third-order valence-corrected chi connectivity index (χ3v) is 4.45. The number of ether oxygens (including phenoxy) is 1. The maximum absolute atomic E-state index is 12.3. The van der Waals surface area contributed by atoms with Crippen LogP contribution in [0.15, 0.2) is 54.6 Å². The van der Waals surface area contributed by atoms with E-state index >= 15 is 0 Å². The summed E-state index contributed by atoms with van der Waals surface area (Å²) >= 11 is 0. The van der Waals surface area contributed by atoms with Gasteiger partial charge < -0.3 is 15.2 Å². The Morgan fingerprint density at radius 3 is 2.46 bits per heavy atom. The summed E-state index contributed by atoms with van der Waals surface area (Å²) in [5.74, 6) is 0.644. The van der Waals surface area contributed by atoms with Crippen LogP contribution in [0.1, 0.15) is 37.7 Å². The molecule has 2 aromatic rings. The summed E-state index contributed by atoms with van der Waals surface area (Å²) < 4.78 is 5.77. The fourth-order valence-corrected chi connectivity index (χ4v) is 3.15. The molecule has 0 heterocycles. The molecule has 0 saturated heterocycles. The monoisotopic (exact) mass is 325 g/mol. The van der Waals surface area contributed by atoms with E-state index in [-0.39, 0.29) is 12.3 Å². The number of hydrogen-bond donors (Lipinski definition) is 2. The van der Waals surface area contributed by atoms with Crippen molar-refractivity contribution in [3.05, 3.63) is 60.2 Å². The van der Waals surface area contributed by atoms with E-state index in [9.17, 15) is 9.90 Å². The van der Waals surface area contributed by atoms with Gasteiger partial charge in [-0.2, -0.15) is 0 Å². The zero-order valence-electron chi connectivity index (χ0n) is 13.7. The van der Waals surface area contributed by atoms with Gasteiger partial charge in [0.05, 0.1) is 12.0 Å². The zero-order valence-corrected chi connectivity index (χ0v) is 13.7. The molecule has 126 valence electrons. The molecule has 0 bridgehead atoms. The van der Waals surface area contributed by atoms with Gasteiger partial charge in [-0.05, 0) is 31.0 Å². The third-order valence-electron chi connectivity index (χ3n) is 4.45. The number of carbonyl (C=O) groups excluding carboxylic acids is 1. The van der Waals surface area contributed by atoms with Gasteiger partial charge in [-0.3, -0.25) is 4.79 Å². The highest BCUT2D eigenvalue weighted by Gasteiger charge is 2.33. The molecule has 0 radical (unpaired) electrons. The molecule has 2 N–H and O–H groups in total. The van der Waals surface area contributed by atoms with Gasteiger partial charge in [-0.1, -0.05) is 49.2 Å². The molecule has 3 rings (SSSR count). The number of anilines is 1. The molecule has 0 aliphatic heterocycles. The Hall–Kier alpha value is -2.33. The van der Waals surface area contributed by atoms with Gasteiger partial charge in [0.2, 0.25) is 5.91 Å². The number of benzene rings is 2. The Bertz CT molecular complexity index is 678. The third kappa shape index (κ3) is 4.36. The fraction of sp³-hybridized carbons (Fsp3) is 0.350. The van der Waals surface area contributed by atoms with Crippen LogP contribution in [0.2, 0.25) is 0 Å². The minimum atomic E-state index is -0.834. The van der Waals surface area contributed by atoms with Gasteiger partial charge in [0.1, 0.15) is 12.4 Å². The van der Waals surface area contributed by atoms with Crippen molar-refractivity contribution in [2.75, 3.05) is 5.32 Å². The van der Waals surface area contributed by atoms with Gasteiger partial charge in [0, 0.05) is 11.3 Å². The van der Waals surface area contributed by atoms with E-state index in [1.807, 2.05) is 54.6 Å². The van der Waals surface area contributed by atoms with Crippen molar-refractivity contribution in [3.63, 3.8) is 0 Å². The summed E-state index contributed by atoms with van der Waals surface area (Å²) in [4.78, 5) is 12.3. The first-order chi connectivity index (χ1) is 11.6. The minimum Gasteiger partial charge on any atom is -0.489 e. The highest BCUT2D eigenvalue weighted by Crippen LogP contribution is 2.32. The first kappa shape index (κ1) is 16.5. The molecule has 0 spiro atoms. The van der Waals surface area contributed by atoms with Crippen LogP contribution < -0.4 is 10.1 Å². The lowest BCUT2D eigenvalue weighted by atomic mass is 9.97. The standard InChI is InChI=1S/C20H23NO3/c22-19(14-20(23)12-6-7-13-20)21-18-11-5-4-8-16(18)15-24-17-9-2-1-3-10-17/h1-5,8-11,23H,6-7,12-15H2,(H,21,22). The largest absolute Gasteiger partial charge is 0.489 e. The van der Waals surface area contributed by atoms with E-state index in [0.29, 0.717) is 19.4 Å². The first-order valence-electron chi connectivity index (χ1n) is 8.43. The first-order valence-corrected chi connectivity index (χ1v) is 8.43. The summed E-state index contributed by atoms with van der Waals surface area (Å²) in [5.41, 5.74) is 0.813. The molecule has 24 heavy (non-hydrogen) atoms. The predicted molar refractivity (Wildman–Crippen MR) is 93.9 cm³/mol. The second-order valence-corrected chi connectivity index (χ2v) is 6.42. The van der Waals surface area contributed by atoms with Crippen molar-refractivity contribution >= 4 is 11.6 Å². The number of amides is 1. The molecular weight excluding hydrogens is 302 g/mol. The van der Waals surface area contributed by atoms with Crippen LogP contribution in [-0.4, -0.2) is 16.6 Å². The molecule has 4 nitrogen and oxygen atoms in total. The highest BCUT2D eigenvalue weighted by atomic mass is 16.5. The van der Waals surface area contributed by atoms with Gasteiger partial charge in [0.15, 0.2) is 0 Å². The molecule has 1 amide bonds. The lowest BCUT2D eigenvalue weighted by Crippen LogP contribution is -2.31. The van der Waals surface area contributed by atoms with E-state index in [4.69, 9.17) is 4.74 Å². The van der Waals surface area contributed by atoms with Crippen molar-refractivity contribution in [1.29, 1.82) is 0 Å². The topological polar surface area (TPSA) is 58.6 Å². The number of aliphatic hydroxyl groups is 1. The number of rotatable bonds is 6. The molecule has 0 atom stereocenters. The summed E-state index contributed by atoms with van der Waals surface area (Å²) in [6.07, 6.45) is 3.55. The van der Waals surface area contributed by atoms with Crippen LogP contribution in [0.4, 0.5) is 5.69 Å². The van der Waals surface area contributed by atoms with E-state index in [1.165, 1.54) is 0 Å². The Balaban J connectivity index is 1.62. The van der Waals surface area contributed by atoms with Gasteiger partial charge in [-0.25, -0.2) is 0 Å². The van der Waals surface area contributed by atoms with Crippen LogP contribution >= 0.6 is 0 Å². The Labute approximate surface area is 142 Å². The van der Waals surface area contributed by atoms with Crippen LogP contribution in [0.25, 0.3) is 0 Å². The second-order valence-electron chi connectivity index (χ2n) is 6.42. The van der Waals surface area contributed by atoms with E-state index < -0.39 is 5.60 Å². The highest BCUT2D eigenvalue weighted by molar-refractivity contribution is 5.92. The Morgan fingerprint density at radius 1 is 1.04 bits per heavy atom. The van der Waals surface area contributed by atoms with Gasteiger partial charge in [0.25, 0.3) is 0 Å². The molecular formula is C20H23NO3. The number of nitrogens with one attached hydrogen (secondary N) is 1. The maximum Gasteiger partial charge on any atom is 0.227 e. The predicted octanol–water partition coefficient (Wildman–Crippen LogP) is 3.90. The summed E-state index contributed by atoms with van der Waals surface area (Å²) in [5, 5.41) is 13.3. The number of carbonyl (C=O) groups is 1. The van der Waals surface area contributed by atoms with Crippen LogP contribution in [0.5, 0.6) is 5.75 Å². The quantitative estimate of drug-likeness (QED) is 0.847.